The number of aromatic carboxylic acids is 1. The normalized spacial score (nSPS) is 12.9. The van der Waals surface area contributed by atoms with Gasteiger partial charge in [-0.1, -0.05) is 18.2 Å². The molecule has 0 spiro atoms. The molecule has 0 aromatic heterocycles. The van der Waals surface area contributed by atoms with Gasteiger partial charge in [-0.2, -0.15) is 0 Å². The first-order chi connectivity index (χ1) is 8.32. The fraction of sp³-hybridized carbons (Fsp3) is 0.385. The molecular formula is C13H17NO4. The lowest BCUT2D eigenvalue weighted by molar-refractivity contribution is -0.152. The van der Waals surface area contributed by atoms with E-state index in [1.165, 1.54) is 13.2 Å². The van der Waals surface area contributed by atoms with E-state index in [1.54, 1.807) is 32.0 Å². The Morgan fingerprint density at radius 3 is 2.39 bits per heavy atom. The molecule has 0 heterocycles. The van der Waals surface area contributed by atoms with Crippen LogP contribution in [-0.2, 0) is 9.53 Å². The average Bonchev–Trinajstić information content (AvgIpc) is 2.36. The van der Waals surface area contributed by atoms with Gasteiger partial charge in [0.1, 0.15) is 0 Å². The molecule has 5 nitrogen and oxygen atoms in total. The number of carboxylic acid groups (broad SMARTS) is 1. The van der Waals surface area contributed by atoms with Gasteiger partial charge in [0.2, 0.25) is 0 Å². The lowest BCUT2D eigenvalue weighted by Gasteiger charge is -2.29. The summed E-state index contributed by atoms with van der Waals surface area (Å²) >= 11 is 0. The monoisotopic (exact) mass is 251 g/mol. The van der Waals surface area contributed by atoms with Gasteiger partial charge < -0.3 is 15.6 Å². The first kappa shape index (κ1) is 14.2. The summed E-state index contributed by atoms with van der Waals surface area (Å²) in [7, 11) is 1.28. The minimum atomic E-state index is -1.07. The Kier molecular flexibility index (Phi) is 4.08. The zero-order valence-electron chi connectivity index (χ0n) is 10.6. The maximum Gasteiger partial charge on any atom is 0.336 e. The van der Waals surface area contributed by atoms with Crippen LogP contribution in [0.2, 0.25) is 0 Å². The van der Waals surface area contributed by atoms with Crippen LogP contribution in [0.15, 0.2) is 24.3 Å². The van der Waals surface area contributed by atoms with Gasteiger partial charge in [-0.3, -0.25) is 4.79 Å². The smallest absolute Gasteiger partial charge is 0.336 e. The molecule has 0 aliphatic carbocycles. The summed E-state index contributed by atoms with van der Waals surface area (Å²) in [5.74, 6) is -1.54. The molecule has 1 atom stereocenters. The highest BCUT2D eigenvalue weighted by atomic mass is 16.5. The molecule has 0 unspecified atom stereocenters. The lowest BCUT2D eigenvalue weighted by Crippen LogP contribution is -2.38. The van der Waals surface area contributed by atoms with E-state index in [2.05, 4.69) is 0 Å². The van der Waals surface area contributed by atoms with Gasteiger partial charge in [0.15, 0.2) is 0 Å². The third-order valence-electron chi connectivity index (χ3n) is 3.02. The summed E-state index contributed by atoms with van der Waals surface area (Å²) in [6, 6.07) is 5.63. The molecule has 0 saturated heterocycles. The number of methoxy groups -OCH3 is 1. The minimum absolute atomic E-state index is 0.0991. The second-order valence-corrected chi connectivity index (χ2v) is 4.58. The number of carboxylic acids is 1. The zero-order chi connectivity index (χ0) is 13.9. The Morgan fingerprint density at radius 1 is 1.33 bits per heavy atom. The SMILES string of the molecule is COC(=O)C(C)(C)[C@H](N)c1ccccc1C(=O)O. The summed E-state index contributed by atoms with van der Waals surface area (Å²) in [5.41, 5.74) is 5.54. The maximum atomic E-state index is 11.7. The van der Waals surface area contributed by atoms with Crippen molar-refractivity contribution in [3.8, 4) is 0 Å². The van der Waals surface area contributed by atoms with E-state index in [-0.39, 0.29) is 5.56 Å². The van der Waals surface area contributed by atoms with Gasteiger partial charge in [-0.05, 0) is 25.5 Å². The van der Waals surface area contributed by atoms with Gasteiger partial charge in [-0.25, -0.2) is 4.79 Å². The van der Waals surface area contributed by atoms with Crippen LogP contribution in [0.5, 0.6) is 0 Å². The maximum absolute atomic E-state index is 11.7. The average molecular weight is 251 g/mol. The van der Waals surface area contributed by atoms with Crippen molar-refractivity contribution in [1.29, 1.82) is 0 Å². The Balaban J connectivity index is 3.22. The van der Waals surface area contributed by atoms with Crippen LogP contribution in [0, 0.1) is 5.41 Å². The Labute approximate surface area is 106 Å². The van der Waals surface area contributed by atoms with Crippen LogP contribution in [-0.4, -0.2) is 24.2 Å². The Morgan fingerprint density at radius 2 is 1.89 bits per heavy atom. The number of esters is 1. The van der Waals surface area contributed by atoms with Gasteiger partial charge in [0.05, 0.1) is 18.1 Å². The number of hydrogen-bond acceptors (Lipinski definition) is 4. The molecule has 1 aromatic rings. The number of rotatable bonds is 4. The van der Waals surface area contributed by atoms with Crippen LogP contribution in [0.4, 0.5) is 0 Å². The zero-order valence-corrected chi connectivity index (χ0v) is 10.6. The van der Waals surface area contributed by atoms with Gasteiger partial charge in [0.25, 0.3) is 0 Å². The minimum Gasteiger partial charge on any atom is -0.478 e. The first-order valence-electron chi connectivity index (χ1n) is 5.48. The molecule has 1 rings (SSSR count). The van der Waals surface area contributed by atoms with Crippen molar-refractivity contribution in [3.63, 3.8) is 0 Å². The number of benzene rings is 1. The third-order valence-corrected chi connectivity index (χ3v) is 3.02. The fourth-order valence-electron chi connectivity index (χ4n) is 1.74. The summed E-state index contributed by atoms with van der Waals surface area (Å²) in [5, 5.41) is 9.10. The van der Waals surface area contributed by atoms with Crippen LogP contribution in [0.1, 0.15) is 35.8 Å². The van der Waals surface area contributed by atoms with E-state index in [0.29, 0.717) is 5.56 Å². The van der Waals surface area contributed by atoms with Crippen molar-refractivity contribution in [3.05, 3.63) is 35.4 Å². The van der Waals surface area contributed by atoms with E-state index < -0.39 is 23.4 Å². The van der Waals surface area contributed by atoms with Gasteiger partial charge in [-0.15, -0.1) is 0 Å². The summed E-state index contributed by atoms with van der Waals surface area (Å²) in [6.07, 6.45) is 0. The largest absolute Gasteiger partial charge is 0.478 e. The molecular weight excluding hydrogens is 234 g/mol. The van der Waals surface area contributed by atoms with Crippen molar-refractivity contribution >= 4 is 11.9 Å². The lowest BCUT2D eigenvalue weighted by atomic mass is 9.79. The molecule has 0 fully saturated rings. The molecule has 0 bridgehead atoms. The van der Waals surface area contributed by atoms with E-state index >= 15 is 0 Å². The van der Waals surface area contributed by atoms with Crippen molar-refractivity contribution < 1.29 is 19.4 Å². The highest BCUT2D eigenvalue weighted by Crippen LogP contribution is 2.34. The van der Waals surface area contributed by atoms with Crippen molar-refractivity contribution in [2.45, 2.75) is 19.9 Å². The molecule has 1 aromatic carbocycles. The molecule has 0 amide bonds. The van der Waals surface area contributed by atoms with Crippen LogP contribution in [0.3, 0.4) is 0 Å². The number of nitrogens with two attached hydrogens (primary N) is 1. The standard InChI is InChI=1S/C13H17NO4/c1-13(2,12(17)18-3)10(14)8-6-4-5-7-9(8)11(15)16/h4-7,10H,14H2,1-3H3,(H,15,16)/t10-/m1/s1. The van der Waals surface area contributed by atoms with Crippen molar-refractivity contribution in [2.24, 2.45) is 11.1 Å². The van der Waals surface area contributed by atoms with E-state index in [1.807, 2.05) is 0 Å². The first-order valence-corrected chi connectivity index (χ1v) is 5.48. The number of carbonyl (C=O) groups is 2. The van der Waals surface area contributed by atoms with Crippen LogP contribution >= 0.6 is 0 Å². The van der Waals surface area contributed by atoms with Crippen LogP contribution < -0.4 is 5.73 Å². The summed E-state index contributed by atoms with van der Waals surface area (Å²) in [6.45, 7) is 3.25. The van der Waals surface area contributed by atoms with Crippen LogP contribution in [0.25, 0.3) is 0 Å². The molecule has 5 heteroatoms. The fourth-order valence-corrected chi connectivity index (χ4v) is 1.74. The molecule has 0 aliphatic heterocycles. The van der Waals surface area contributed by atoms with Crippen molar-refractivity contribution in [1.82, 2.24) is 0 Å². The van der Waals surface area contributed by atoms with E-state index in [4.69, 9.17) is 15.6 Å². The topological polar surface area (TPSA) is 89.6 Å². The van der Waals surface area contributed by atoms with Crippen molar-refractivity contribution in [2.75, 3.05) is 7.11 Å². The second-order valence-electron chi connectivity index (χ2n) is 4.58. The number of carbonyl (C=O) groups excluding carboxylic acids is 1. The second kappa shape index (κ2) is 5.18. The molecule has 98 valence electrons. The highest BCUT2D eigenvalue weighted by Gasteiger charge is 2.38. The number of hydrogen-bond donors (Lipinski definition) is 2. The molecule has 0 aliphatic rings. The Bertz CT molecular complexity index is 468. The predicted octanol–water partition coefficient (Wildman–Crippen LogP) is 1.58. The van der Waals surface area contributed by atoms with E-state index in [9.17, 15) is 9.59 Å². The molecule has 18 heavy (non-hydrogen) atoms. The predicted molar refractivity (Wildman–Crippen MR) is 66.1 cm³/mol. The van der Waals surface area contributed by atoms with Gasteiger partial charge >= 0.3 is 11.9 Å². The Hall–Kier alpha value is -1.88. The molecule has 0 radical (unpaired) electrons. The van der Waals surface area contributed by atoms with E-state index in [0.717, 1.165) is 0 Å². The van der Waals surface area contributed by atoms with Gasteiger partial charge in [0, 0.05) is 6.04 Å². The molecule has 3 N–H and O–H groups in total. The molecule has 0 saturated carbocycles. The quantitative estimate of drug-likeness (QED) is 0.793. The summed E-state index contributed by atoms with van der Waals surface area (Å²) in [4.78, 5) is 22.8. The number of ether oxygens (including phenoxy) is 1. The third kappa shape index (κ3) is 2.51. The summed E-state index contributed by atoms with van der Waals surface area (Å²) < 4.78 is 4.69. The highest BCUT2D eigenvalue weighted by molar-refractivity contribution is 5.90.